The first-order chi connectivity index (χ1) is 26.3. The molecule has 14 atom stereocenters. The van der Waals surface area contributed by atoms with Gasteiger partial charge in [-0.05, 0) is 129 Å². The van der Waals surface area contributed by atoms with Crippen LogP contribution in [0.15, 0.2) is 23.8 Å². The molecule has 0 spiro atoms. The summed E-state index contributed by atoms with van der Waals surface area (Å²) in [6.07, 6.45) is 23.1. The van der Waals surface area contributed by atoms with Crippen molar-refractivity contribution in [3.8, 4) is 0 Å². The number of aliphatic hydroxyl groups excluding tert-OH is 3. The van der Waals surface area contributed by atoms with Gasteiger partial charge in [-0.1, -0.05) is 117 Å². The van der Waals surface area contributed by atoms with E-state index in [2.05, 4.69) is 66.7 Å². The standard InChI is InChI=1S/C48H82O7/c1-8-9-10-11-12-13-14-15-16-17-18-19-42(49)53-31-41-43(50)44(51)45(52)46(55-41)54-36-26-28-47(6)35(30-36)22-23-37-39-25-24-38(48(39,7)29-27-40(37)47)34(5)21-20-33(4)32(2)3/h11-12,22,32-34,36-41,43-46,50-52H,8-10,13-21,23-31H2,1-7H3/b12-11-. The van der Waals surface area contributed by atoms with Crippen molar-refractivity contribution in [2.45, 2.75) is 214 Å². The van der Waals surface area contributed by atoms with Gasteiger partial charge in [0.05, 0.1) is 6.10 Å². The van der Waals surface area contributed by atoms with E-state index in [0.29, 0.717) is 17.8 Å². The molecular weight excluding hydrogens is 689 g/mol. The zero-order chi connectivity index (χ0) is 39.8. The number of hydrogen-bond donors (Lipinski definition) is 3. The zero-order valence-electron chi connectivity index (χ0n) is 36.1. The number of esters is 1. The van der Waals surface area contributed by atoms with Crippen molar-refractivity contribution in [1.29, 1.82) is 0 Å². The highest BCUT2D eigenvalue weighted by atomic mass is 16.7. The highest BCUT2D eigenvalue weighted by Gasteiger charge is 2.59. The smallest absolute Gasteiger partial charge is 0.305 e. The van der Waals surface area contributed by atoms with Gasteiger partial charge in [0.15, 0.2) is 6.29 Å². The van der Waals surface area contributed by atoms with E-state index in [0.717, 1.165) is 93.3 Å². The van der Waals surface area contributed by atoms with Crippen LogP contribution in [-0.2, 0) is 19.0 Å². The summed E-state index contributed by atoms with van der Waals surface area (Å²) >= 11 is 0. The number of aliphatic hydroxyl groups is 3. The Bertz CT molecular complexity index is 1250. The summed E-state index contributed by atoms with van der Waals surface area (Å²) in [6.45, 7) is 16.9. The van der Waals surface area contributed by atoms with Crippen molar-refractivity contribution in [3.63, 3.8) is 0 Å². The minimum absolute atomic E-state index is 0.142. The molecule has 0 aromatic rings. The molecule has 1 aliphatic heterocycles. The number of unbranched alkanes of at least 4 members (excludes halogenated alkanes) is 7. The number of fused-ring (bicyclic) bond motifs is 5. The molecule has 5 aliphatic rings. The summed E-state index contributed by atoms with van der Waals surface area (Å²) in [5, 5.41) is 32.4. The molecule has 0 radical (unpaired) electrons. The fraction of sp³-hybridized carbons (Fsp3) is 0.896. The minimum Gasteiger partial charge on any atom is -0.463 e. The van der Waals surface area contributed by atoms with Gasteiger partial charge in [0.2, 0.25) is 0 Å². The molecule has 7 nitrogen and oxygen atoms in total. The van der Waals surface area contributed by atoms with Crippen LogP contribution in [-0.4, -0.2) is 64.7 Å². The SMILES string of the molecule is CCCC/C=C\CCCCCCCC(=O)OCC1OC(OC2CCC3(C)C(=CCC4C3CCC3(C)C(C(C)CCC(C)C(C)C)CCC43)C2)C(O)C(O)C1O. The van der Waals surface area contributed by atoms with E-state index in [4.69, 9.17) is 14.2 Å². The van der Waals surface area contributed by atoms with Crippen LogP contribution in [0.3, 0.4) is 0 Å². The Hall–Kier alpha value is -1.25. The minimum atomic E-state index is -1.44. The Balaban J connectivity index is 1.07. The van der Waals surface area contributed by atoms with Crippen LogP contribution in [0.25, 0.3) is 0 Å². The largest absolute Gasteiger partial charge is 0.463 e. The van der Waals surface area contributed by atoms with Crippen LogP contribution in [0.1, 0.15) is 177 Å². The third-order valence-corrected chi connectivity index (χ3v) is 16.1. The molecule has 0 bridgehead atoms. The van der Waals surface area contributed by atoms with Gasteiger partial charge in [-0.15, -0.1) is 0 Å². The van der Waals surface area contributed by atoms with Crippen LogP contribution in [0.4, 0.5) is 0 Å². The summed E-state index contributed by atoms with van der Waals surface area (Å²) < 4.78 is 18.0. The van der Waals surface area contributed by atoms with Crippen LogP contribution in [0.5, 0.6) is 0 Å². The molecule has 14 unspecified atom stereocenters. The van der Waals surface area contributed by atoms with Gasteiger partial charge < -0.3 is 29.5 Å². The van der Waals surface area contributed by atoms with E-state index in [1.807, 2.05) is 0 Å². The van der Waals surface area contributed by atoms with Crippen molar-refractivity contribution in [2.75, 3.05) is 6.61 Å². The zero-order valence-corrected chi connectivity index (χ0v) is 36.1. The molecule has 5 rings (SSSR count). The fourth-order valence-corrected chi connectivity index (χ4v) is 12.0. The van der Waals surface area contributed by atoms with Crippen LogP contribution in [0.2, 0.25) is 0 Å². The predicted molar refractivity (Wildman–Crippen MR) is 221 cm³/mol. The van der Waals surface area contributed by atoms with E-state index in [1.165, 1.54) is 69.8 Å². The number of carbonyl (C=O) groups is 1. The topological polar surface area (TPSA) is 105 Å². The first-order valence-corrected chi connectivity index (χ1v) is 23.1. The monoisotopic (exact) mass is 771 g/mol. The predicted octanol–water partition coefficient (Wildman–Crippen LogP) is 10.5. The molecule has 3 saturated carbocycles. The second-order valence-corrected chi connectivity index (χ2v) is 19.9. The lowest BCUT2D eigenvalue weighted by Crippen LogP contribution is -2.60. The summed E-state index contributed by atoms with van der Waals surface area (Å²) in [5.41, 5.74) is 2.12. The normalized spacial score (nSPS) is 38.6. The van der Waals surface area contributed by atoms with E-state index < -0.39 is 30.7 Å². The molecular formula is C48H82O7. The van der Waals surface area contributed by atoms with Gasteiger partial charge in [0, 0.05) is 6.42 Å². The quantitative estimate of drug-likeness (QED) is 0.0643. The van der Waals surface area contributed by atoms with Crippen molar-refractivity contribution in [2.24, 2.45) is 52.3 Å². The Morgan fingerprint density at radius 3 is 2.35 bits per heavy atom. The van der Waals surface area contributed by atoms with Crippen LogP contribution in [0, 0.1) is 52.3 Å². The molecule has 55 heavy (non-hydrogen) atoms. The number of carbonyl (C=O) groups excluding carboxylic acids is 1. The van der Waals surface area contributed by atoms with Crippen LogP contribution >= 0.6 is 0 Å². The molecule has 4 fully saturated rings. The third-order valence-electron chi connectivity index (χ3n) is 16.1. The summed E-state index contributed by atoms with van der Waals surface area (Å²) in [5.74, 6) is 5.15. The van der Waals surface area contributed by atoms with E-state index >= 15 is 0 Å². The maximum atomic E-state index is 12.5. The van der Waals surface area contributed by atoms with Crippen molar-refractivity contribution >= 4 is 5.97 Å². The van der Waals surface area contributed by atoms with E-state index in [9.17, 15) is 20.1 Å². The van der Waals surface area contributed by atoms with E-state index in [1.54, 1.807) is 0 Å². The first kappa shape index (κ1) is 44.8. The summed E-state index contributed by atoms with van der Waals surface area (Å²) in [4.78, 5) is 12.5. The lowest BCUT2D eigenvalue weighted by Gasteiger charge is -2.58. The van der Waals surface area contributed by atoms with Gasteiger partial charge in [-0.2, -0.15) is 0 Å². The molecule has 0 aromatic heterocycles. The number of hydrogen-bond acceptors (Lipinski definition) is 7. The Morgan fingerprint density at radius 2 is 1.60 bits per heavy atom. The number of rotatable bonds is 20. The second-order valence-electron chi connectivity index (χ2n) is 19.9. The molecule has 0 amide bonds. The first-order valence-electron chi connectivity index (χ1n) is 23.1. The lowest BCUT2D eigenvalue weighted by atomic mass is 9.47. The van der Waals surface area contributed by atoms with Crippen molar-refractivity contribution < 1.29 is 34.3 Å². The maximum Gasteiger partial charge on any atom is 0.305 e. The molecule has 4 aliphatic carbocycles. The van der Waals surface area contributed by atoms with Gasteiger partial charge in [-0.25, -0.2) is 0 Å². The van der Waals surface area contributed by atoms with Gasteiger partial charge in [-0.3, -0.25) is 4.79 Å². The molecule has 3 N–H and O–H groups in total. The Kier molecular flexibility index (Phi) is 16.8. The summed E-state index contributed by atoms with van der Waals surface area (Å²) in [6, 6.07) is 0. The van der Waals surface area contributed by atoms with Gasteiger partial charge in [0.1, 0.15) is 31.0 Å². The molecule has 1 heterocycles. The second kappa shape index (κ2) is 20.6. The Morgan fingerprint density at radius 1 is 0.873 bits per heavy atom. The van der Waals surface area contributed by atoms with Crippen molar-refractivity contribution in [1.82, 2.24) is 0 Å². The Labute approximate surface area is 335 Å². The maximum absolute atomic E-state index is 12.5. The van der Waals surface area contributed by atoms with Gasteiger partial charge in [0.25, 0.3) is 0 Å². The van der Waals surface area contributed by atoms with Gasteiger partial charge >= 0.3 is 5.97 Å². The van der Waals surface area contributed by atoms with E-state index in [-0.39, 0.29) is 24.1 Å². The third kappa shape index (κ3) is 10.9. The molecule has 1 saturated heterocycles. The fourth-order valence-electron chi connectivity index (χ4n) is 12.0. The van der Waals surface area contributed by atoms with Crippen molar-refractivity contribution in [3.05, 3.63) is 23.8 Å². The number of allylic oxidation sites excluding steroid dienone is 3. The van der Waals surface area contributed by atoms with Crippen LogP contribution < -0.4 is 0 Å². The highest BCUT2D eigenvalue weighted by Crippen LogP contribution is 2.67. The molecule has 0 aromatic carbocycles. The average Bonchev–Trinajstić information content (AvgIpc) is 3.53. The average molecular weight is 771 g/mol. The molecule has 7 heteroatoms. The number of ether oxygens (including phenoxy) is 3. The highest BCUT2D eigenvalue weighted by molar-refractivity contribution is 5.69. The molecule has 316 valence electrons. The lowest BCUT2D eigenvalue weighted by molar-refractivity contribution is -0.313. The summed E-state index contributed by atoms with van der Waals surface area (Å²) in [7, 11) is 0.